The lowest BCUT2D eigenvalue weighted by atomic mass is 10.2. The Morgan fingerprint density at radius 3 is 2.71 bits per heavy atom. The van der Waals surface area contributed by atoms with Crippen LogP contribution in [0.2, 0.25) is 0 Å². The minimum absolute atomic E-state index is 0.430. The van der Waals surface area contributed by atoms with Crippen LogP contribution in [-0.4, -0.2) is 21.8 Å². The van der Waals surface area contributed by atoms with Crippen molar-refractivity contribution in [1.29, 1.82) is 0 Å². The van der Waals surface area contributed by atoms with Crippen molar-refractivity contribution in [3.8, 4) is 0 Å². The summed E-state index contributed by atoms with van der Waals surface area (Å²) in [6.07, 6.45) is 5.91. The number of hydrogen-bond acceptors (Lipinski definition) is 4. The number of aromatic carboxylic acids is 1. The first kappa shape index (κ1) is 11.5. The molecule has 1 N–H and O–H groups in total. The van der Waals surface area contributed by atoms with Crippen molar-refractivity contribution >= 4 is 29.1 Å². The van der Waals surface area contributed by atoms with Gasteiger partial charge in [0.1, 0.15) is 9.88 Å². The molecule has 1 aromatic rings. The third-order valence-corrected chi connectivity index (χ3v) is 5.99. The van der Waals surface area contributed by atoms with Crippen LogP contribution in [0.5, 0.6) is 0 Å². The number of thiazole rings is 1. The number of hydrogen-bond donors (Lipinski definition) is 1. The van der Waals surface area contributed by atoms with Crippen molar-refractivity contribution in [2.24, 2.45) is 0 Å². The predicted octanol–water partition coefficient (Wildman–Crippen LogP) is 3.68. The second kappa shape index (κ2) is 4.61. The molecule has 0 spiro atoms. The van der Waals surface area contributed by atoms with Crippen molar-refractivity contribution in [1.82, 2.24) is 4.98 Å². The van der Waals surface area contributed by atoms with Gasteiger partial charge in [-0.2, -0.15) is 11.8 Å². The molecule has 92 valence electrons. The molecule has 2 aliphatic rings. The zero-order chi connectivity index (χ0) is 11.8. The van der Waals surface area contributed by atoms with Crippen LogP contribution >= 0.6 is 23.1 Å². The summed E-state index contributed by atoms with van der Waals surface area (Å²) in [5.41, 5.74) is 0.865. The normalized spacial score (nSPS) is 24.8. The Morgan fingerprint density at radius 1 is 1.29 bits per heavy atom. The molecule has 17 heavy (non-hydrogen) atoms. The fraction of sp³-hybridized carbons (Fsp3) is 0.667. The van der Waals surface area contributed by atoms with Gasteiger partial charge in [0.2, 0.25) is 0 Å². The van der Waals surface area contributed by atoms with E-state index in [0.717, 1.165) is 30.0 Å². The fourth-order valence-electron chi connectivity index (χ4n) is 2.21. The summed E-state index contributed by atoms with van der Waals surface area (Å²) in [6, 6.07) is 0. The summed E-state index contributed by atoms with van der Waals surface area (Å²) in [5.74, 6) is 0.821. The van der Waals surface area contributed by atoms with Gasteiger partial charge in [-0.15, -0.1) is 11.3 Å². The minimum atomic E-state index is -0.795. The van der Waals surface area contributed by atoms with Gasteiger partial charge in [-0.05, 0) is 31.4 Å². The summed E-state index contributed by atoms with van der Waals surface area (Å²) in [4.78, 5) is 16.3. The Morgan fingerprint density at radius 2 is 2.12 bits per heavy atom. The van der Waals surface area contributed by atoms with Crippen LogP contribution in [0.15, 0.2) is 0 Å². The molecule has 0 aromatic carbocycles. The van der Waals surface area contributed by atoms with E-state index in [1.54, 1.807) is 0 Å². The van der Waals surface area contributed by atoms with Crippen LogP contribution < -0.4 is 0 Å². The third kappa shape index (κ3) is 2.36. The summed E-state index contributed by atoms with van der Waals surface area (Å²) in [7, 11) is 0. The highest BCUT2D eigenvalue weighted by atomic mass is 32.2. The average molecular weight is 269 g/mol. The van der Waals surface area contributed by atoms with Crippen molar-refractivity contribution in [3.63, 3.8) is 0 Å². The first-order valence-corrected chi connectivity index (χ1v) is 7.97. The van der Waals surface area contributed by atoms with E-state index < -0.39 is 5.97 Å². The Balaban J connectivity index is 1.89. The quantitative estimate of drug-likeness (QED) is 0.909. The second-order valence-corrected chi connectivity index (χ2v) is 7.04. The van der Waals surface area contributed by atoms with Crippen LogP contribution in [0, 0.1) is 0 Å². The Kier molecular flexibility index (Phi) is 3.13. The van der Waals surface area contributed by atoms with E-state index in [4.69, 9.17) is 0 Å². The predicted molar refractivity (Wildman–Crippen MR) is 70.1 cm³/mol. The molecule has 2 heterocycles. The number of rotatable bonds is 3. The standard InChI is InChI=1S/C12H15NO2S2/c14-12(15)10-9(7-4-5-7)13-11(17-10)8-3-1-2-6-16-8/h7-8H,1-6H2,(H,14,15). The molecule has 1 aliphatic heterocycles. The maximum absolute atomic E-state index is 11.2. The summed E-state index contributed by atoms with van der Waals surface area (Å²) in [5, 5.41) is 10.7. The van der Waals surface area contributed by atoms with Gasteiger partial charge in [0, 0.05) is 5.92 Å². The van der Waals surface area contributed by atoms with Crippen molar-refractivity contribution in [3.05, 3.63) is 15.6 Å². The lowest BCUT2D eigenvalue weighted by molar-refractivity contribution is 0.0700. The largest absolute Gasteiger partial charge is 0.477 e. The molecule has 5 heteroatoms. The van der Waals surface area contributed by atoms with E-state index in [1.807, 2.05) is 11.8 Å². The number of carboxylic acids is 1. The van der Waals surface area contributed by atoms with Crippen molar-refractivity contribution in [2.45, 2.75) is 43.3 Å². The number of thioether (sulfide) groups is 1. The molecule has 1 saturated heterocycles. The number of carbonyl (C=O) groups is 1. The van der Waals surface area contributed by atoms with E-state index in [2.05, 4.69) is 4.98 Å². The molecule has 1 aliphatic carbocycles. The topological polar surface area (TPSA) is 50.2 Å². The summed E-state index contributed by atoms with van der Waals surface area (Å²) >= 11 is 3.35. The maximum atomic E-state index is 11.2. The molecule has 1 atom stereocenters. The first-order valence-electron chi connectivity index (χ1n) is 6.11. The van der Waals surface area contributed by atoms with Gasteiger partial charge in [0.25, 0.3) is 0 Å². The van der Waals surface area contributed by atoms with Gasteiger partial charge in [-0.1, -0.05) is 6.42 Å². The summed E-state index contributed by atoms with van der Waals surface area (Å²) < 4.78 is 0. The van der Waals surface area contributed by atoms with Crippen molar-refractivity contribution < 1.29 is 9.90 Å². The third-order valence-electron chi connectivity index (χ3n) is 3.28. The number of aromatic nitrogens is 1. The van der Waals surface area contributed by atoms with E-state index in [1.165, 1.54) is 29.9 Å². The maximum Gasteiger partial charge on any atom is 0.347 e. The van der Waals surface area contributed by atoms with Crippen LogP contribution in [-0.2, 0) is 0 Å². The molecule has 0 bridgehead atoms. The molecule has 0 radical (unpaired) electrons. The van der Waals surface area contributed by atoms with Crippen LogP contribution in [0.1, 0.15) is 63.6 Å². The molecule has 3 nitrogen and oxygen atoms in total. The van der Waals surface area contributed by atoms with Gasteiger partial charge >= 0.3 is 5.97 Å². The van der Waals surface area contributed by atoms with Crippen LogP contribution in [0.4, 0.5) is 0 Å². The van der Waals surface area contributed by atoms with Gasteiger partial charge in [-0.25, -0.2) is 9.78 Å². The summed E-state index contributed by atoms with van der Waals surface area (Å²) in [6.45, 7) is 0. The second-order valence-electron chi connectivity index (χ2n) is 4.70. The van der Waals surface area contributed by atoms with E-state index in [9.17, 15) is 9.90 Å². The highest BCUT2D eigenvalue weighted by molar-refractivity contribution is 7.99. The smallest absolute Gasteiger partial charge is 0.347 e. The molecular formula is C12H15NO2S2. The zero-order valence-electron chi connectivity index (χ0n) is 9.52. The average Bonchev–Trinajstić information content (AvgIpc) is 3.09. The van der Waals surface area contributed by atoms with Gasteiger partial charge < -0.3 is 5.11 Å². The highest BCUT2D eigenvalue weighted by Gasteiger charge is 2.33. The van der Waals surface area contributed by atoms with Gasteiger partial charge in [-0.3, -0.25) is 0 Å². The first-order chi connectivity index (χ1) is 8.25. The number of nitrogens with zero attached hydrogens (tertiary/aromatic N) is 1. The fourth-order valence-corrected chi connectivity index (χ4v) is 4.75. The lowest BCUT2D eigenvalue weighted by Crippen LogP contribution is -2.01. The van der Waals surface area contributed by atoms with Crippen molar-refractivity contribution in [2.75, 3.05) is 5.75 Å². The van der Waals surface area contributed by atoms with Crippen LogP contribution in [0.3, 0.4) is 0 Å². The van der Waals surface area contributed by atoms with E-state index in [-0.39, 0.29) is 0 Å². The zero-order valence-corrected chi connectivity index (χ0v) is 11.1. The van der Waals surface area contributed by atoms with Gasteiger partial charge in [0.05, 0.1) is 10.9 Å². The Bertz CT molecular complexity index is 434. The minimum Gasteiger partial charge on any atom is -0.477 e. The SMILES string of the molecule is O=C(O)c1sc(C2CCCCS2)nc1C1CC1. The molecule has 1 saturated carbocycles. The van der Waals surface area contributed by atoms with E-state index >= 15 is 0 Å². The molecular weight excluding hydrogens is 254 g/mol. The Labute approximate surface area is 109 Å². The molecule has 1 unspecified atom stereocenters. The Hall–Kier alpha value is -0.550. The lowest BCUT2D eigenvalue weighted by Gasteiger charge is -2.18. The molecule has 3 rings (SSSR count). The molecule has 2 fully saturated rings. The molecule has 1 aromatic heterocycles. The van der Waals surface area contributed by atoms with Crippen LogP contribution in [0.25, 0.3) is 0 Å². The monoisotopic (exact) mass is 269 g/mol. The van der Waals surface area contributed by atoms with E-state index in [0.29, 0.717) is 16.0 Å². The molecule has 0 amide bonds. The van der Waals surface area contributed by atoms with Gasteiger partial charge in [0.15, 0.2) is 0 Å². The highest BCUT2D eigenvalue weighted by Crippen LogP contribution is 2.46. The number of carboxylic acid groups (broad SMARTS) is 1.